The van der Waals surface area contributed by atoms with Crippen LogP contribution in [0, 0.1) is 0 Å². The molecule has 1 aliphatic heterocycles. The number of nitrogens with zero attached hydrogens (tertiary/aromatic N) is 4. The molecule has 2 aromatic heterocycles. The second kappa shape index (κ2) is 15.4. The van der Waals surface area contributed by atoms with Gasteiger partial charge in [-0.05, 0) is 24.0 Å². The van der Waals surface area contributed by atoms with Crippen molar-refractivity contribution < 1.29 is 33.5 Å². The zero-order valence-corrected chi connectivity index (χ0v) is 24.0. The Bertz CT molecular complexity index is 1450. The number of benzene rings is 1. The summed E-state index contributed by atoms with van der Waals surface area (Å²) in [4.78, 5) is 75.5. The predicted octanol–water partition coefficient (Wildman–Crippen LogP) is 2.08. The number of hydrogen-bond acceptors (Lipinski definition) is 11. The van der Waals surface area contributed by atoms with Crippen molar-refractivity contribution in [2.24, 2.45) is 0 Å². The summed E-state index contributed by atoms with van der Waals surface area (Å²) in [7, 11) is 1.54. The van der Waals surface area contributed by atoms with Gasteiger partial charge in [-0.2, -0.15) is 9.97 Å². The normalized spacial score (nSPS) is 12.8. The largest absolute Gasteiger partial charge is 0.461 e. The number of fused-ring (bicyclic) bond motifs is 1. The number of aryl methyl sites for hydroxylation is 1. The van der Waals surface area contributed by atoms with Crippen LogP contribution in [0.1, 0.15) is 63.5 Å². The molecule has 42 heavy (non-hydrogen) atoms. The molecule has 1 saturated heterocycles. The number of carbonyl (C=O) groups excluding carboxylic acids is 4. The number of imidazole rings is 1. The lowest BCUT2D eigenvalue weighted by Gasteiger charge is -2.12. The van der Waals surface area contributed by atoms with Crippen molar-refractivity contribution in [2.45, 2.75) is 65.3 Å². The number of aromatic nitrogens is 4. The first kappa shape index (κ1) is 31.9. The van der Waals surface area contributed by atoms with E-state index in [-0.39, 0.29) is 68.6 Å². The van der Waals surface area contributed by atoms with Gasteiger partial charge < -0.3 is 25.0 Å². The number of methoxy groups -OCH3 is 1. The number of hydrogen-bond donors (Lipinski definition) is 2. The average molecular weight is 585 g/mol. The van der Waals surface area contributed by atoms with Crippen LogP contribution in [0.25, 0.3) is 11.2 Å². The molecule has 14 nitrogen and oxygen atoms in total. The van der Waals surface area contributed by atoms with Crippen LogP contribution in [-0.4, -0.2) is 68.5 Å². The zero-order valence-electron chi connectivity index (χ0n) is 24.0. The lowest BCUT2D eigenvalue weighted by atomic mass is 10.0. The second-order valence-corrected chi connectivity index (χ2v) is 9.20. The summed E-state index contributed by atoms with van der Waals surface area (Å²) >= 11 is 0. The molecule has 1 aromatic carbocycles. The van der Waals surface area contributed by atoms with Crippen LogP contribution in [0.3, 0.4) is 0 Å². The molecule has 0 saturated carbocycles. The Labute approximate surface area is 242 Å². The standard InChI is InChI=1S/C26H30N6O8.C2H6/c1-38-13-14-39-25-29-23(27)22-24(30-25)31(26(37)28-22)15-17-7-5-16(6-8-17)9-10-18(33)3-2-4-21(36)40-32-19(34)11-12-20(32)35;1-2/h5-8H,2-4,9-15H2,1H3,(H,28,37)(H2,27,29,30);1-2H3. The minimum absolute atomic E-state index is 0.0173. The SMILES string of the molecule is CC.COCCOc1nc(N)c2[nH]c(=O)n(Cc3ccc(CCC(=O)CCCC(=O)ON4C(=O)CCC4=O)cc3)c2n1. The van der Waals surface area contributed by atoms with Crippen molar-refractivity contribution in [3.8, 4) is 6.01 Å². The molecule has 0 atom stereocenters. The van der Waals surface area contributed by atoms with Gasteiger partial charge in [0.05, 0.1) is 13.2 Å². The maximum Gasteiger partial charge on any atom is 0.333 e. The van der Waals surface area contributed by atoms with E-state index >= 15 is 0 Å². The number of nitrogen functional groups attached to an aromatic ring is 1. The Hall–Kier alpha value is -4.59. The highest BCUT2D eigenvalue weighted by Crippen LogP contribution is 2.19. The van der Waals surface area contributed by atoms with Crippen molar-refractivity contribution >= 4 is 40.5 Å². The predicted molar refractivity (Wildman–Crippen MR) is 151 cm³/mol. The number of H-pyrrole nitrogens is 1. The summed E-state index contributed by atoms with van der Waals surface area (Å²) in [6, 6.07) is 7.54. The van der Waals surface area contributed by atoms with E-state index in [0.29, 0.717) is 35.7 Å². The van der Waals surface area contributed by atoms with E-state index in [9.17, 15) is 24.0 Å². The fourth-order valence-corrected chi connectivity index (χ4v) is 4.10. The maximum absolute atomic E-state index is 12.6. The van der Waals surface area contributed by atoms with Gasteiger partial charge in [0.15, 0.2) is 11.5 Å². The molecule has 3 aromatic rings. The monoisotopic (exact) mass is 584 g/mol. The second-order valence-electron chi connectivity index (χ2n) is 9.20. The molecule has 3 heterocycles. The summed E-state index contributed by atoms with van der Waals surface area (Å²) in [5, 5.41) is 0.502. The Morgan fingerprint density at radius 2 is 1.62 bits per heavy atom. The Morgan fingerprint density at radius 1 is 0.952 bits per heavy atom. The number of carbonyl (C=O) groups is 4. The number of anilines is 1. The minimum Gasteiger partial charge on any atom is -0.461 e. The van der Waals surface area contributed by atoms with Gasteiger partial charge in [0.2, 0.25) is 0 Å². The molecule has 0 bridgehead atoms. The molecular formula is C28H36N6O8. The van der Waals surface area contributed by atoms with Gasteiger partial charge in [0.25, 0.3) is 11.8 Å². The molecule has 3 N–H and O–H groups in total. The highest BCUT2D eigenvalue weighted by molar-refractivity contribution is 6.01. The first-order valence-corrected chi connectivity index (χ1v) is 13.8. The summed E-state index contributed by atoms with van der Waals surface area (Å²) in [6.07, 6.45) is 1.25. The number of imide groups is 1. The van der Waals surface area contributed by atoms with Gasteiger partial charge in [0, 0.05) is 39.2 Å². The van der Waals surface area contributed by atoms with E-state index < -0.39 is 17.8 Å². The van der Waals surface area contributed by atoms with Crippen molar-refractivity contribution in [2.75, 3.05) is 26.1 Å². The lowest BCUT2D eigenvalue weighted by Crippen LogP contribution is -2.32. The maximum atomic E-state index is 12.6. The van der Waals surface area contributed by atoms with Crippen molar-refractivity contribution in [1.29, 1.82) is 0 Å². The molecule has 0 radical (unpaired) electrons. The number of ether oxygens (including phenoxy) is 2. The number of aromatic amines is 1. The van der Waals surface area contributed by atoms with Crippen molar-refractivity contribution in [3.63, 3.8) is 0 Å². The van der Waals surface area contributed by atoms with Gasteiger partial charge in [-0.1, -0.05) is 38.1 Å². The van der Waals surface area contributed by atoms with Gasteiger partial charge in [-0.15, -0.1) is 5.06 Å². The third-order valence-corrected chi connectivity index (χ3v) is 6.24. The number of Topliss-reactive ketones (excluding diaryl/α,β-unsaturated/α-hetero) is 1. The van der Waals surface area contributed by atoms with E-state index in [1.165, 1.54) is 4.57 Å². The van der Waals surface area contributed by atoms with E-state index in [1.54, 1.807) is 7.11 Å². The van der Waals surface area contributed by atoms with Crippen LogP contribution < -0.4 is 16.2 Å². The van der Waals surface area contributed by atoms with Crippen molar-refractivity contribution in [1.82, 2.24) is 24.6 Å². The highest BCUT2D eigenvalue weighted by Gasteiger charge is 2.32. The molecular weight excluding hydrogens is 548 g/mol. The summed E-state index contributed by atoms with van der Waals surface area (Å²) in [6.45, 7) is 4.81. The smallest absolute Gasteiger partial charge is 0.333 e. The van der Waals surface area contributed by atoms with Gasteiger partial charge in [-0.3, -0.25) is 19.0 Å². The summed E-state index contributed by atoms with van der Waals surface area (Å²) in [5.41, 5.74) is 8.02. The van der Waals surface area contributed by atoms with Gasteiger partial charge in [0.1, 0.15) is 17.9 Å². The lowest BCUT2D eigenvalue weighted by molar-refractivity contribution is -0.197. The Morgan fingerprint density at radius 3 is 2.29 bits per heavy atom. The zero-order chi connectivity index (χ0) is 30.6. The van der Waals surface area contributed by atoms with Crippen LogP contribution in [0.5, 0.6) is 6.01 Å². The third-order valence-electron chi connectivity index (χ3n) is 6.24. The average Bonchev–Trinajstić information content (AvgIpc) is 3.47. The van der Waals surface area contributed by atoms with Crippen LogP contribution in [0.4, 0.5) is 5.82 Å². The topological polar surface area (TPSA) is 189 Å². The molecule has 2 amide bonds. The number of hydroxylamine groups is 2. The van der Waals surface area contributed by atoms with Gasteiger partial charge in [-0.25, -0.2) is 9.59 Å². The first-order valence-electron chi connectivity index (χ1n) is 13.8. The first-order chi connectivity index (χ1) is 20.2. The molecule has 226 valence electrons. The molecule has 4 rings (SSSR count). The third kappa shape index (κ3) is 8.46. The summed E-state index contributed by atoms with van der Waals surface area (Å²) in [5.74, 6) is -1.71. The minimum atomic E-state index is -0.717. The number of nitrogens with one attached hydrogen (secondary N) is 1. The van der Waals surface area contributed by atoms with Gasteiger partial charge >= 0.3 is 17.7 Å². The molecule has 1 aliphatic rings. The molecule has 1 fully saturated rings. The number of rotatable bonds is 14. The van der Waals surface area contributed by atoms with Crippen LogP contribution in [-0.2, 0) is 41.7 Å². The number of ketones is 1. The quantitative estimate of drug-likeness (QED) is 0.208. The van der Waals surface area contributed by atoms with Crippen molar-refractivity contribution in [3.05, 3.63) is 45.9 Å². The summed E-state index contributed by atoms with van der Waals surface area (Å²) < 4.78 is 11.8. The van der Waals surface area contributed by atoms with E-state index in [0.717, 1.165) is 11.1 Å². The highest BCUT2D eigenvalue weighted by atomic mass is 16.7. The molecule has 0 spiro atoms. The fraction of sp³-hybridized carbons (Fsp3) is 0.464. The van der Waals surface area contributed by atoms with Crippen LogP contribution >= 0.6 is 0 Å². The number of nitrogens with two attached hydrogens (primary N) is 1. The fourth-order valence-electron chi connectivity index (χ4n) is 4.10. The molecule has 14 heteroatoms. The Balaban J connectivity index is 0.00000237. The van der Waals surface area contributed by atoms with Crippen LogP contribution in [0.15, 0.2) is 29.1 Å². The molecule has 0 aliphatic carbocycles. The molecule has 0 unspecified atom stereocenters. The Kier molecular flexibility index (Phi) is 11.7. The van der Waals surface area contributed by atoms with E-state index in [1.807, 2.05) is 38.1 Å². The van der Waals surface area contributed by atoms with E-state index in [2.05, 4.69) is 15.0 Å². The van der Waals surface area contributed by atoms with Crippen LogP contribution in [0.2, 0.25) is 0 Å². The van der Waals surface area contributed by atoms with E-state index in [4.69, 9.17) is 20.0 Å². The number of amides is 2.